The van der Waals surface area contributed by atoms with E-state index in [1.54, 1.807) is 6.92 Å². The minimum atomic E-state index is -3.59. The number of nitroso groups, excluding NO2 is 1. The van der Waals surface area contributed by atoms with E-state index in [0.717, 1.165) is 0 Å². The highest BCUT2D eigenvalue weighted by molar-refractivity contribution is 7.59. The summed E-state index contributed by atoms with van der Waals surface area (Å²) in [5, 5.41) is 5.39. The van der Waals surface area contributed by atoms with Gasteiger partial charge in [0.15, 0.2) is 0 Å². The molecule has 2 rings (SSSR count). The SMILES string of the molecule is CCOP(=O)(CC(CC(C)C)C(=O)N[C@@H](CC(C)C)C(=O)NC)CC1C(=O)C=C2C=NC=C2[N+]1=O. The molecule has 4 atom stereocenters. The van der Waals surface area contributed by atoms with Gasteiger partial charge in [-0.05, 0) is 31.6 Å². The summed E-state index contributed by atoms with van der Waals surface area (Å²) in [6, 6.07) is -1.94. The summed E-state index contributed by atoms with van der Waals surface area (Å²) < 4.78 is 20.1. The van der Waals surface area contributed by atoms with Gasteiger partial charge in [0.05, 0.1) is 23.1 Å². The number of amides is 2. The zero-order valence-electron chi connectivity index (χ0n) is 21.4. The van der Waals surface area contributed by atoms with Crippen LogP contribution in [0.25, 0.3) is 0 Å². The van der Waals surface area contributed by atoms with E-state index in [4.69, 9.17) is 4.52 Å². The first kappa shape index (κ1) is 28.8. The normalized spacial score (nSPS) is 20.7. The summed E-state index contributed by atoms with van der Waals surface area (Å²) in [6.45, 7) is 9.58. The Morgan fingerprint density at radius 2 is 1.83 bits per heavy atom. The van der Waals surface area contributed by atoms with Crippen molar-refractivity contribution in [2.45, 2.75) is 59.5 Å². The van der Waals surface area contributed by atoms with E-state index in [1.807, 2.05) is 27.7 Å². The van der Waals surface area contributed by atoms with E-state index in [1.165, 1.54) is 25.5 Å². The Kier molecular flexibility index (Phi) is 10.3. The topological polar surface area (TPSA) is 134 Å². The van der Waals surface area contributed by atoms with Crippen LogP contribution < -0.4 is 10.6 Å². The van der Waals surface area contributed by atoms with Crippen LogP contribution in [0.1, 0.15) is 47.5 Å². The predicted octanol–water partition coefficient (Wildman–Crippen LogP) is 2.82. The maximum Gasteiger partial charge on any atom is 0.283 e. The molecule has 194 valence electrons. The number of nitrogens with zero attached hydrogens (tertiary/aromatic N) is 2. The zero-order valence-corrected chi connectivity index (χ0v) is 22.3. The van der Waals surface area contributed by atoms with E-state index >= 15 is 0 Å². The number of nitrogens with one attached hydrogen (secondary N) is 2. The minimum absolute atomic E-state index is 0.1000. The van der Waals surface area contributed by atoms with E-state index in [9.17, 15) is 23.9 Å². The number of hydrogen-bond acceptors (Lipinski definition) is 7. The van der Waals surface area contributed by atoms with Crippen molar-refractivity contribution in [3.8, 4) is 0 Å². The molecular weight excluding hydrogens is 471 g/mol. The third kappa shape index (κ3) is 7.77. The molecule has 35 heavy (non-hydrogen) atoms. The predicted molar refractivity (Wildman–Crippen MR) is 134 cm³/mol. The third-order valence-corrected chi connectivity index (χ3v) is 8.51. The number of likely N-dealkylation sites (N-methyl/N-ethyl adjacent to an activating group) is 1. The molecule has 10 nitrogen and oxygen atoms in total. The van der Waals surface area contributed by atoms with Crippen molar-refractivity contribution < 1.29 is 28.2 Å². The Bertz CT molecular complexity index is 984. The summed E-state index contributed by atoms with van der Waals surface area (Å²) in [6.07, 6.45) is 4.56. The molecule has 0 aromatic carbocycles. The van der Waals surface area contributed by atoms with Crippen LogP contribution in [0.4, 0.5) is 0 Å². The monoisotopic (exact) mass is 509 g/mol. The van der Waals surface area contributed by atoms with Crippen LogP contribution in [0.3, 0.4) is 0 Å². The van der Waals surface area contributed by atoms with Gasteiger partial charge in [0, 0.05) is 36.3 Å². The average molecular weight is 510 g/mol. The van der Waals surface area contributed by atoms with E-state index in [2.05, 4.69) is 15.6 Å². The zero-order chi connectivity index (χ0) is 26.3. The number of hydrogen-bond donors (Lipinski definition) is 2. The van der Waals surface area contributed by atoms with Crippen LogP contribution in [-0.2, 0) is 23.5 Å². The fourth-order valence-corrected chi connectivity index (χ4v) is 7.01. The number of fused-ring (bicyclic) bond motifs is 1. The molecule has 11 heteroatoms. The van der Waals surface area contributed by atoms with Gasteiger partial charge in [-0.2, -0.15) is 0 Å². The fraction of sp³-hybridized carbons (Fsp3) is 0.667. The molecule has 0 radical (unpaired) electrons. The van der Waals surface area contributed by atoms with Crippen molar-refractivity contribution in [3.05, 3.63) is 28.5 Å². The molecule has 2 amide bonds. The van der Waals surface area contributed by atoms with Crippen molar-refractivity contribution >= 4 is 31.2 Å². The van der Waals surface area contributed by atoms with Crippen molar-refractivity contribution in [3.63, 3.8) is 0 Å². The second-order valence-corrected chi connectivity index (χ2v) is 12.5. The van der Waals surface area contributed by atoms with Crippen molar-refractivity contribution in [1.29, 1.82) is 0 Å². The first-order valence-electron chi connectivity index (χ1n) is 12.1. The third-order valence-electron chi connectivity index (χ3n) is 5.88. The molecule has 0 bridgehead atoms. The van der Waals surface area contributed by atoms with E-state index < -0.39 is 37.1 Å². The summed E-state index contributed by atoms with van der Waals surface area (Å²) in [7, 11) is -2.08. The largest absolute Gasteiger partial charge is 0.357 e. The highest BCUT2D eigenvalue weighted by Gasteiger charge is 2.48. The second kappa shape index (κ2) is 12.5. The van der Waals surface area contributed by atoms with Crippen molar-refractivity contribution in [2.24, 2.45) is 22.7 Å². The average Bonchev–Trinajstić information content (AvgIpc) is 3.23. The van der Waals surface area contributed by atoms with Gasteiger partial charge in [-0.15, -0.1) is 0 Å². The van der Waals surface area contributed by atoms with E-state index in [0.29, 0.717) is 23.2 Å². The molecule has 0 saturated carbocycles. The van der Waals surface area contributed by atoms with Gasteiger partial charge in [0.1, 0.15) is 12.2 Å². The first-order chi connectivity index (χ1) is 16.4. The Morgan fingerprint density at radius 1 is 1.17 bits per heavy atom. The minimum Gasteiger partial charge on any atom is -0.357 e. The smallest absolute Gasteiger partial charge is 0.283 e. The molecule has 2 heterocycles. The van der Waals surface area contributed by atoms with Crippen LogP contribution in [0, 0.1) is 22.7 Å². The van der Waals surface area contributed by atoms with Gasteiger partial charge in [0.2, 0.25) is 25.0 Å². The standard InChI is InChI=1S/C24H37N4O6P/c1-7-34-35(33,14-21-22(29)10-17-11-26-12-20(17)28(21)32)13-18(8-15(2)3)23(30)27-19(9-16(4)5)24(31)25-6/h10-12,15-16,18-19,21H,7-9,13-14H2,1-6H3,(H-,25,27,30,31)/p+1/t18?,19-,21?,35?/m0/s1. The summed E-state index contributed by atoms with van der Waals surface area (Å²) in [5.41, 5.74) is 0.672. The van der Waals surface area contributed by atoms with Crippen molar-refractivity contribution in [2.75, 3.05) is 26.0 Å². The number of ketones is 1. The van der Waals surface area contributed by atoms with Crippen LogP contribution >= 0.6 is 7.37 Å². The summed E-state index contributed by atoms with van der Waals surface area (Å²) >= 11 is 0. The number of carbonyl (C=O) groups excluding carboxylic acids is 3. The van der Waals surface area contributed by atoms with Gasteiger partial charge in [0.25, 0.3) is 11.7 Å². The second-order valence-electron chi connectivity index (χ2n) is 9.87. The molecule has 0 saturated heterocycles. The van der Waals surface area contributed by atoms with Crippen LogP contribution in [0.5, 0.6) is 0 Å². The molecule has 0 aromatic rings. The number of aliphatic imine (C=N–C) groups is 1. The Morgan fingerprint density at radius 3 is 2.40 bits per heavy atom. The Labute approximate surface area is 207 Å². The molecule has 0 aromatic heterocycles. The number of carbonyl (C=O) groups is 3. The van der Waals surface area contributed by atoms with Crippen molar-refractivity contribution in [1.82, 2.24) is 10.6 Å². The van der Waals surface area contributed by atoms with Gasteiger partial charge in [-0.3, -0.25) is 23.9 Å². The molecule has 0 fully saturated rings. The molecule has 2 aliphatic heterocycles. The highest BCUT2D eigenvalue weighted by atomic mass is 31.2. The highest BCUT2D eigenvalue weighted by Crippen LogP contribution is 2.51. The number of rotatable bonds is 13. The van der Waals surface area contributed by atoms with Gasteiger partial charge >= 0.3 is 0 Å². The molecule has 3 unspecified atom stereocenters. The van der Waals surface area contributed by atoms with Gasteiger partial charge < -0.3 is 15.2 Å². The lowest BCUT2D eigenvalue weighted by molar-refractivity contribution is -0.517. The lowest BCUT2D eigenvalue weighted by Gasteiger charge is -2.27. The molecule has 0 aliphatic carbocycles. The fourth-order valence-electron chi connectivity index (χ4n) is 4.34. The molecule has 2 N–H and O–H groups in total. The Hall–Kier alpha value is -2.45. The first-order valence-corrected chi connectivity index (χ1v) is 14.1. The summed E-state index contributed by atoms with van der Waals surface area (Å²) in [4.78, 5) is 55.1. The number of allylic oxidation sites excluding steroid dienone is 1. The lowest BCUT2D eigenvalue weighted by Crippen LogP contribution is -2.49. The van der Waals surface area contributed by atoms with Crippen LogP contribution in [-0.4, -0.2) is 66.6 Å². The quantitative estimate of drug-likeness (QED) is 0.290. The van der Waals surface area contributed by atoms with Gasteiger partial charge in [-0.25, -0.2) is 0 Å². The summed E-state index contributed by atoms with van der Waals surface area (Å²) in [5.74, 6) is -1.61. The maximum absolute atomic E-state index is 13.9. The van der Waals surface area contributed by atoms with Crippen LogP contribution in [0.15, 0.2) is 28.5 Å². The lowest BCUT2D eigenvalue weighted by atomic mass is 9.96. The Balaban J connectivity index is 2.27. The maximum atomic E-state index is 13.9. The van der Waals surface area contributed by atoms with E-state index in [-0.39, 0.29) is 42.4 Å². The van der Waals surface area contributed by atoms with Gasteiger partial charge in [-0.1, -0.05) is 27.7 Å². The molecule has 0 spiro atoms. The molecule has 2 aliphatic rings. The molecular formula is C24H38N4O6P+. The van der Waals surface area contributed by atoms with Crippen LogP contribution in [0.2, 0.25) is 0 Å².